The van der Waals surface area contributed by atoms with Crippen LogP contribution in [-0.4, -0.2) is 11.0 Å². The number of nitrogens with one attached hydrogen (secondary N) is 1. The number of carbonyl (C=O) groups is 1. The lowest BCUT2D eigenvalue weighted by atomic mass is 9.86. The molecular weight excluding hydrogens is 370 g/mol. The lowest BCUT2D eigenvalue weighted by Gasteiger charge is -2.19. The van der Waals surface area contributed by atoms with Crippen molar-refractivity contribution in [2.45, 2.75) is 32.3 Å². The van der Waals surface area contributed by atoms with E-state index in [0.29, 0.717) is 21.8 Å². The molecule has 0 heterocycles. The van der Waals surface area contributed by atoms with Crippen molar-refractivity contribution in [1.29, 1.82) is 0 Å². The largest absolute Gasteiger partial charge is 0.384 e. The summed E-state index contributed by atoms with van der Waals surface area (Å²) in [5.74, 6) is -0.232. The summed E-state index contributed by atoms with van der Waals surface area (Å²) in [6.07, 6.45) is -0.890. The highest BCUT2D eigenvalue weighted by Crippen LogP contribution is 2.31. The molecule has 0 spiro atoms. The van der Waals surface area contributed by atoms with E-state index in [9.17, 15) is 9.90 Å². The molecule has 0 aromatic heterocycles. The second kappa shape index (κ2) is 8.17. The fraction of sp³-hybridized carbons (Fsp3) is 0.208. The number of anilines is 1. The molecule has 28 heavy (non-hydrogen) atoms. The first-order valence-electron chi connectivity index (χ1n) is 9.20. The highest BCUT2D eigenvalue weighted by molar-refractivity contribution is 6.30. The van der Waals surface area contributed by atoms with Crippen LogP contribution in [0.2, 0.25) is 5.02 Å². The second-order valence-electron chi connectivity index (χ2n) is 7.83. The van der Waals surface area contributed by atoms with Gasteiger partial charge in [-0.1, -0.05) is 74.8 Å². The van der Waals surface area contributed by atoms with Crippen LogP contribution in [0, 0.1) is 0 Å². The molecule has 1 atom stereocenters. The van der Waals surface area contributed by atoms with Crippen molar-refractivity contribution in [2.24, 2.45) is 0 Å². The molecule has 0 aliphatic carbocycles. The van der Waals surface area contributed by atoms with Crippen LogP contribution < -0.4 is 5.32 Å². The van der Waals surface area contributed by atoms with Crippen molar-refractivity contribution in [3.63, 3.8) is 0 Å². The fourth-order valence-corrected chi connectivity index (χ4v) is 3.19. The molecule has 3 aromatic rings. The first-order chi connectivity index (χ1) is 13.3. The van der Waals surface area contributed by atoms with Crippen molar-refractivity contribution in [3.05, 3.63) is 100 Å². The van der Waals surface area contributed by atoms with Crippen LogP contribution in [0.15, 0.2) is 72.8 Å². The molecule has 0 fully saturated rings. The molecule has 0 saturated heterocycles. The lowest BCUT2D eigenvalue weighted by Crippen LogP contribution is -2.16. The fourth-order valence-electron chi connectivity index (χ4n) is 3.00. The lowest BCUT2D eigenvalue weighted by molar-refractivity contribution is 0.102. The number of halogens is 1. The minimum atomic E-state index is -0.890. The normalized spacial score (nSPS) is 12.5. The molecule has 144 valence electrons. The monoisotopic (exact) mass is 393 g/mol. The average Bonchev–Trinajstić information content (AvgIpc) is 2.69. The minimum absolute atomic E-state index is 0.0259. The molecule has 0 bridgehead atoms. The van der Waals surface area contributed by atoms with E-state index < -0.39 is 6.10 Å². The first-order valence-corrected chi connectivity index (χ1v) is 9.58. The molecule has 3 nitrogen and oxygen atoms in total. The number of aliphatic hydroxyl groups is 1. The molecule has 2 N–H and O–H groups in total. The van der Waals surface area contributed by atoms with E-state index in [-0.39, 0.29) is 11.3 Å². The van der Waals surface area contributed by atoms with Gasteiger partial charge in [-0.25, -0.2) is 0 Å². The summed E-state index contributed by atoms with van der Waals surface area (Å²) in [5.41, 5.74) is 3.57. The zero-order valence-electron chi connectivity index (χ0n) is 16.2. The van der Waals surface area contributed by atoms with Crippen molar-refractivity contribution >= 4 is 23.2 Å². The van der Waals surface area contributed by atoms with Gasteiger partial charge in [-0.3, -0.25) is 4.79 Å². The maximum Gasteiger partial charge on any atom is 0.255 e. The molecule has 3 rings (SSSR count). The van der Waals surface area contributed by atoms with E-state index in [4.69, 9.17) is 11.6 Å². The van der Waals surface area contributed by atoms with Gasteiger partial charge in [-0.2, -0.15) is 0 Å². The quantitative estimate of drug-likeness (QED) is 0.573. The molecule has 0 aliphatic rings. The number of aliphatic hydroxyl groups excluding tert-OH is 1. The van der Waals surface area contributed by atoms with Crippen LogP contribution in [-0.2, 0) is 5.41 Å². The van der Waals surface area contributed by atoms with Gasteiger partial charge in [0.15, 0.2) is 0 Å². The van der Waals surface area contributed by atoms with Crippen LogP contribution in [0.25, 0.3) is 0 Å². The maximum atomic E-state index is 12.7. The summed E-state index contributed by atoms with van der Waals surface area (Å²) in [6, 6.07) is 21.9. The Labute approximate surface area is 171 Å². The molecule has 1 amide bonds. The van der Waals surface area contributed by atoms with Crippen molar-refractivity contribution in [1.82, 2.24) is 0 Å². The SMILES string of the molecule is CC(C)(C)c1ccc(C(=O)Nc2ccc(Cl)cc2[C@H](O)c2ccccc2)cc1. The predicted octanol–water partition coefficient (Wildman–Crippen LogP) is 5.97. The van der Waals surface area contributed by atoms with Crippen molar-refractivity contribution in [3.8, 4) is 0 Å². The predicted molar refractivity (Wildman–Crippen MR) is 115 cm³/mol. The third-order valence-corrected chi connectivity index (χ3v) is 4.92. The van der Waals surface area contributed by atoms with Crippen LogP contribution in [0.5, 0.6) is 0 Å². The number of benzene rings is 3. The molecule has 0 radical (unpaired) electrons. The van der Waals surface area contributed by atoms with Crippen molar-refractivity contribution < 1.29 is 9.90 Å². The van der Waals surface area contributed by atoms with E-state index >= 15 is 0 Å². The molecule has 0 unspecified atom stereocenters. The van der Waals surface area contributed by atoms with Gasteiger partial charge in [0.05, 0.1) is 0 Å². The highest BCUT2D eigenvalue weighted by Gasteiger charge is 2.18. The van der Waals surface area contributed by atoms with Gasteiger partial charge in [0.25, 0.3) is 5.91 Å². The number of hydrogen-bond acceptors (Lipinski definition) is 2. The Morgan fingerprint density at radius 1 is 0.964 bits per heavy atom. The zero-order valence-corrected chi connectivity index (χ0v) is 17.0. The molecular formula is C24H24ClNO2. The Kier molecular flexibility index (Phi) is 5.87. The number of carbonyl (C=O) groups excluding carboxylic acids is 1. The molecule has 0 saturated carbocycles. The van der Waals surface area contributed by atoms with Crippen LogP contribution in [0.4, 0.5) is 5.69 Å². The Hall–Kier alpha value is -2.62. The van der Waals surface area contributed by atoms with Crippen LogP contribution >= 0.6 is 11.6 Å². The van der Waals surface area contributed by atoms with E-state index in [1.807, 2.05) is 54.6 Å². The standard InChI is InChI=1S/C24H24ClNO2/c1-24(2,3)18-11-9-17(10-12-18)23(28)26-21-14-13-19(25)15-20(21)22(27)16-7-5-4-6-8-16/h4-15,22,27H,1-3H3,(H,26,28)/t22-/m1/s1. The van der Waals surface area contributed by atoms with E-state index in [2.05, 4.69) is 26.1 Å². The summed E-state index contributed by atoms with van der Waals surface area (Å²) >= 11 is 6.14. The highest BCUT2D eigenvalue weighted by atomic mass is 35.5. The van der Waals surface area contributed by atoms with Gasteiger partial charge in [0.2, 0.25) is 0 Å². The summed E-state index contributed by atoms with van der Waals surface area (Å²) in [4.78, 5) is 12.7. The summed E-state index contributed by atoms with van der Waals surface area (Å²) in [6.45, 7) is 6.40. The molecule has 3 aromatic carbocycles. The first kappa shape index (κ1) is 20.1. The molecule has 4 heteroatoms. The van der Waals surface area contributed by atoms with Gasteiger partial charge in [0.1, 0.15) is 6.10 Å². The van der Waals surface area contributed by atoms with Gasteiger partial charge in [-0.05, 0) is 46.9 Å². The van der Waals surface area contributed by atoms with Gasteiger partial charge in [-0.15, -0.1) is 0 Å². The Morgan fingerprint density at radius 3 is 2.21 bits per heavy atom. The topological polar surface area (TPSA) is 49.3 Å². The second-order valence-corrected chi connectivity index (χ2v) is 8.26. The van der Waals surface area contributed by atoms with Gasteiger partial charge in [0, 0.05) is 21.8 Å². The number of hydrogen-bond donors (Lipinski definition) is 2. The van der Waals surface area contributed by atoms with Crippen LogP contribution in [0.3, 0.4) is 0 Å². The summed E-state index contributed by atoms with van der Waals surface area (Å²) < 4.78 is 0. The minimum Gasteiger partial charge on any atom is -0.384 e. The van der Waals surface area contributed by atoms with E-state index in [1.54, 1.807) is 18.2 Å². The third kappa shape index (κ3) is 4.61. The average molecular weight is 394 g/mol. The number of rotatable bonds is 4. The van der Waals surface area contributed by atoms with Gasteiger partial charge >= 0.3 is 0 Å². The molecule has 0 aliphatic heterocycles. The summed E-state index contributed by atoms with van der Waals surface area (Å²) in [7, 11) is 0. The Balaban J connectivity index is 1.87. The van der Waals surface area contributed by atoms with E-state index in [0.717, 1.165) is 11.1 Å². The van der Waals surface area contributed by atoms with Crippen LogP contribution in [0.1, 0.15) is 53.9 Å². The maximum absolute atomic E-state index is 12.7. The zero-order chi connectivity index (χ0) is 20.3. The Bertz CT molecular complexity index is 960. The summed E-state index contributed by atoms with van der Waals surface area (Å²) in [5, 5.41) is 14.2. The number of amides is 1. The smallest absolute Gasteiger partial charge is 0.255 e. The Morgan fingerprint density at radius 2 is 1.61 bits per heavy atom. The van der Waals surface area contributed by atoms with Gasteiger partial charge < -0.3 is 10.4 Å². The third-order valence-electron chi connectivity index (χ3n) is 4.68. The van der Waals surface area contributed by atoms with E-state index in [1.165, 1.54) is 0 Å². The van der Waals surface area contributed by atoms with Crippen molar-refractivity contribution in [2.75, 3.05) is 5.32 Å².